The van der Waals surface area contributed by atoms with Gasteiger partial charge in [0.25, 0.3) is 0 Å². The molecule has 0 fully saturated rings. The molecule has 3 heterocycles. The second kappa shape index (κ2) is 9.23. The average Bonchev–Trinajstić information content (AvgIpc) is 3.29. The molecule has 2 aromatic carbocycles. The minimum absolute atomic E-state index is 0.0791. The van der Waals surface area contributed by atoms with Gasteiger partial charge in [-0.1, -0.05) is 65.9 Å². The van der Waals surface area contributed by atoms with Crippen LogP contribution < -0.4 is 5.32 Å². The standard InChI is InChI=1S/C26H20N6O/c33-25(29-21-11-12-23(28-18-21)19-7-3-1-4-8-19)17-24-26(20-9-5-2-6-10-20)32(31-30-24)22-13-15-27-16-14-22/h1-16,18H,17H2,(H,29,33). The van der Waals surface area contributed by atoms with Gasteiger partial charge in [0.2, 0.25) is 5.91 Å². The maximum atomic E-state index is 12.8. The highest BCUT2D eigenvalue weighted by Crippen LogP contribution is 2.26. The first-order valence-electron chi connectivity index (χ1n) is 10.5. The maximum Gasteiger partial charge on any atom is 0.230 e. The van der Waals surface area contributed by atoms with Crippen LogP contribution in [0.4, 0.5) is 5.69 Å². The fourth-order valence-electron chi connectivity index (χ4n) is 3.59. The van der Waals surface area contributed by atoms with Crippen LogP contribution >= 0.6 is 0 Å². The van der Waals surface area contributed by atoms with Crippen molar-refractivity contribution >= 4 is 11.6 Å². The third-order valence-electron chi connectivity index (χ3n) is 5.14. The number of hydrogen-bond donors (Lipinski definition) is 1. The number of amides is 1. The van der Waals surface area contributed by atoms with Gasteiger partial charge in [0, 0.05) is 23.5 Å². The molecule has 5 aromatic rings. The van der Waals surface area contributed by atoms with Crippen molar-refractivity contribution in [3.63, 3.8) is 0 Å². The lowest BCUT2D eigenvalue weighted by molar-refractivity contribution is -0.115. The van der Waals surface area contributed by atoms with Gasteiger partial charge in [-0.2, -0.15) is 0 Å². The molecule has 7 nitrogen and oxygen atoms in total. The molecule has 0 spiro atoms. The third-order valence-corrected chi connectivity index (χ3v) is 5.14. The molecule has 0 unspecified atom stereocenters. The smallest absolute Gasteiger partial charge is 0.230 e. The normalized spacial score (nSPS) is 10.7. The van der Waals surface area contributed by atoms with Crippen LogP contribution in [-0.4, -0.2) is 30.9 Å². The molecule has 0 bridgehead atoms. The molecule has 0 aliphatic carbocycles. The van der Waals surface area contributed by atoms with Crippen molar-refractivity contribution in [1.82, 2.24) is 25.0 Å². The first-order valence-corrected chi connectivity index (χ1v) is 10.5. The van der Waals surface area contributed by atoms with E-state index in [0.29, 0.717) is 11.4 Å². The molecule has 1 N–H and O–H groups in total. The summed E-state index contributed by atoms with van der Waals surface area (Å²) in [6.45, 7) is 0. The molecule has 160 valence electrons. The van der Waals surface area contributed by atoms with Gasteiger partial charge >= 0.3 is 0 Å². The predicted octanol–water partition coefficient (Wildman–Crippen LogP) is 4.57. The summed E-state index contributed by atoms with van der Waals surface area (Å²) in [5.74, 6) is -0.191. The summed E-state index contributed by atoms with van der Waals surface area (Å²) in [4.78, 5) is 21.4. The zero-order chi connectivity index (χ0) is 22.5. The molecule has 0 saturated carbocycles. The fourth-order valence-corrected chi connectivity index (χ4v) is 3.59. The van der Waals surface area contributed by atoms with E-state index < -0.39 is 0 Å². The highest BCUT2D eigenvalue weighted by molar-refractivity contribution is 5.93. The van der Waals surface area contributed by atoms with Crippen molar-refractivity contribution in [2.24, 2.45) is 0 Å². The first kappa shape index (κ1) is 20.3. The van der Waals surface area contributed by atoms with E-state index in [0.717, 1.165) is 28.2 Å². The second-order valence-corrected chi connectivity index (χ2v) is 7.39. The SMILES string of the molecule is O=C(Cc1nnn(-c2ccncc2)c1-c1ccccc1)Nc1ccc(-c2ccccc2)nc1. The molecule has 0 radical (unpaired) electrons. The highest BCUT2D eigenvalue weighted by Gasteiger charge is 2.19. The Hall–Kier alpha value is -4.65. The third kappa shape index (κ3) is 4.52. The molecule has 1 amide bonds. The first-order chi connectivity index (χ1) is 16.3. The number of pyridine rings is 2. The van der Waals surface area contributed by atoms with Gasteiger partial charge in [-0.3, -0.25) is 14.8 Å². The Balaban J connectivity index is 1.38. The van der Waals surface area contributed by atoms with Crippen LogP contribution in [-0.2, 0) is 11.2 Å². The number of nitrogens with one attached hydrogen (secondary N) is 1. The topological polar surface area (TPSA) is 85.6 Å². The van der Waals surface area contributed by atoms with Crippen molar-refractivity contribution in [2.75, 3.05) is 5.32 Å². The van der Waals surface area contributed by atoms with Crippen LogP contribution in [0.15, 0.2) is 104 Å². The summed E-state index contributed by atoms with van der Waals surface area (Å²) in [6, 6.07) is 27.1. The molecular formula is C26H20N6O. The summed E-state index contributed by atoms with van der Waals surface area (Å²) >= 11 is 0. The molecule has 0 saturated heterocycles. The van der Waals surface area contributed by atoms with E-state index in [4.69, 9.17) is 0 Å². The lowest BCUT2D eigenvalue weighted by atomic mass is 10.1. The van der Waals surface area contributed by atoms with Crippen molar-refractivity contribution in [1.29, 1.82) is 0 Å². The number of anilines is 1. The number of carbonyl (C=O) groups excluding carboxylic acids is 1. The predicted molar refractivity (Wildman–Crippen MR) is 127 cm³/mol. The molecule has 0 aliphatic heterocycles. The van der Waals surface area contributed by atoms with Gasteiger partial charge in [0.15, 0.2) is 0 Å². The van der Waals surface area contributed by atoms with Crippen molar-refractivity contribution in [2.45, 2.75) is 6.42 Å². The average molecular weight is 432 g/mol. The summed E-state index contributed by atoms with van der Waals surface area (Å²) in [5.41, 5.74) is 5.61. The van der Waals surface area contributed by atoms with Gasteiger partial charge < -0.3 is 5.32 Å². The van der Waals surface area contributed by atoms with Crippen molar-refractivity contribution < 1.29 is 4.79 Å². The van der Waals surface area contributed by atoms with Crippen LogP contribution in [0.2, 0.25) is 0 Å². The Kier molecular flexibility index (Phi) is 5.67. The monoisotopic (exact) mass is 432 g/mol. The zero-order valence-corrected chi connectivity index (χ0v) is 17.7. The van der Waals surface area contributed by atoms with Crippen molar-refractivity contribution in [3.05, 3.63) is 109 Å². The van der Waals surface area contributed by atoms with Crippen LogP contribution in [0.25, 0.3) is 28.2 Å². The van der Waals surface area contributed by atoms with Gasteiger partial charge in [-0.15, -0.1) is 5.10 Å². The molecule has 3 aromatic heterocycles. The van der Waals surface area contributed by atoms with Crippen LogP contribution in [0, 0.1) is 0 Å². The van der Waals surface area contributed by atoms with Gasteiger partial charge in [-0.25, -0.2) is 4.68 Å². The minimum atomic E-state index is -0.191. The minimum Gasteiger partial charge on any atom is -0.324 e. The summed E-state index contributed by atoms with van der Waals surface area (Å²) in [5, 5.41) is 11.5. The van der Waals surface area contributed by atoms with Crippen LogP contribution in [0.5, 0.6) is 0 Å². The molecule has 7 heteroatoms. The maximum absolute atomic E-state index is 12.8. The van der Waals surface area contributed by atoms with E-state index >= 15 is 0 Å². The summed E-state index contributed by atoms with van der Waals surface area (Å²) in [7, 11) is 0. The Morgan fingerprint density at radius 3 is 2.18 bits per heavy atom. The zero-order valence-electron chi connectivity index (χ0n) is 17.7. The van der Waals surface area contributed by atoms with Gasteiger partial charge in [0.1, 0.15) is 5.69 Å². The van der Waals surface area contributed by atoms with Crippen LogP contribution in [0.3, 0.4) is 0 Å². The van der Waals surface area contributed by atoms with E-state index in [1.54, 1.807) is 23.3 Å². The molecule has 5 rings (SSSR count). The lowest BCUT2D eigenvalue weighted by Crippen LogP contribution is -2.15. The number of rotatable bonds is 6. The number of nitrogens with zero attached hydrogens (tertiary/aromatic N) is 5. The lowest BCUT2D eigenvalue weighted by Gasteiger charge is -2.09. The molecule has 0 aliphatic rings. The van der Waals surface area contributed by atoms with E-state index in [1.807, 2.05) is 84.9 Å². The van der Waals surface area contributed by atoms with E-state index in [1.165, 1.54) is 0 Å². The van der Waals surface area contributed by atoms with Crippen molar-refractivity contribution in [3.8, 4) is 28.2 Å². The Labute approximate surface area is 190 Å². The number of carbonyl (C=O) groups is 1. The Morgan fingerprint density at radius 1 is 0.818 bits per heavy atom. The summed E-state index contributed by atoms with van der Waals surface area (Å²) in [6.07, 6.45) is 5.14. The highest BCUT2D eigenvalue weighted by atomic mass is 16.1. The van der Waals surface area contributed by atoms with Crippen LogP contribution in [0.1, 0.15) is 5.69 Å². The van der Waals surface area contributed by atoms with E-state index in [-0.39, 0.29) is 12.3 Å². The number of hydrogen-bond acceptors (Lipinski definition) is 5. The molecular weight excluding hydrogens is 412 g/mol. The number of aromatic nitrogens is 5. The number of benzene rings is 2. The Bertz CT molecular complexity index is 1350. The summed E-state index contributed by atoms with van der Waals surface area (Å²) < 4.78 is 1.73. The second-order valence-electron chi connectivity index (χ2n) is 7.39. The van der Waals surface area contributed by atoms with Gasteiger partial charge in [-0.05, 0) is 24.3 Å². The fraction of sp³-hybridized carbons (Fsp3) is 0.0385. The largest absolute Gasteiger partial charge is 0.324 e. The van der Waals surface area contributed by atoms with Gasteiger partial charge in [0.05, 0.1) is 35.4 Å². The Morgan fingerprint density at radius 2 is 1.52 bits per heavy atom. The quantitative estimate of drug-likeness (QED) is 0.425. The van der Waals surface area contributed by atoms with E-state index in [2.05, 4.69) is 25.6 Å². The molecule has 0 atom stereocenters. The molecule has 33 heavy (non-hydrogen) atoms. The van der Waals surface area contributed by atoms with E-state index in [9.17, 15) is 4.79 Å².